The lowest BCUT2D eigenvalue weighted by molar-refractivity contribution is -0.151. The molecular weight excluding hydrogens is 118 g/mol. The first kappa shape index (κ1) is 11.3. The van der Waals surface area contributed by atoms with Gasteiger partial charge in [0.1, 0.15) is 5.60 Å². The molecule has 3 nitrogen and oxygen atoms in total. The van der Waals surface area contributed by atoms with E-state index < -0.39 is 0 Å². The topological polar surface area (TPSA) is 61.3 Å². The van der Waals surface area contributed by atoms with Gasteiger partial charge in [0.2, 0.25) is 0 Å². The van der Waals surface area contributed by atoms with E-state index in [1.807, 2.05) is 20.8 Å². The van der Waals surface area contributed by atoms with Crippen LogP contribution in [0.15, 0.2) is 0 Å². The van der Waals surface area contributed by atoms with Crippen LogP contribution in [0.1, 0.15) is 27.7 Å². The molecule has 0 unspecified atom stereocenters. The summed E-state index contributed by atoms with van der Waals surface area (Å²) in [6, 6.07) is 0. The fourth-order valence-corrected chi connectivity index (χ4v) is 0.431. The van der Waals surface area contributed by atoms with E-state index in [1.165, 1.54) is 6.92 Å². The zero-order valence-corrected chi connectivity index (χ0v) is 6.52. The molecule has 0 aromatic carbocycles. The highest BCUT2D eigenvalue weighted by Crippen LogP contribution is 2.05. The number of hydrogen-bond donors (Lipinski definition) is 1. The minimum Gasteiger partial charge on any atom is -0.460 e. The third-order valence-corrected chi connectivity index (χ3v) is 0.450. The second-order valence-corrected chi connectivity index (χ2v) is 2.71. The normalized spacial score (nSPS) is 9.78. The SMILES string of the molecule is CC(=O)OC(C)(C)C.N. The number of ether oxygens (including phenoxy) is 1. The first-order valence-electron chi connectivity index (χ1n) is 2.61. The standard InChI is InChI=1S/C6H12O2.H3N/c1-5(7)8-6(2,3)4;/h1-4H3;1H3. The molecule has 0 saturated carbocycles. The molecule has 0 rings (SSSR count). The maximum atomic E-state index is 10.2. The van der Waals surface area contributed by atoms with Crippen LogP contribution in [0.5, 0.6) is 0 Å². The van der Waals surface area contributed by atoms with Gasteiger partial charge in [0.15, 0.2) is 0 Å². The molecule has 0 amide bonds. The molecule has 0 radical (unpaired) electrons. The average molecular weight is 133 g/mol. The van der Waals surface area contributed by atoms with Crippen LogP contribution in [0.25, 0.3) is 0 Å². The number of esters is 1. The highest BCUT2D eigenvalue weighted by Gasteiger charge is 2.11. The van der Waals surface area contributed by atoms with Crippen LogP contribution in [-0.4, -0.2) is 11.6 Å². The van der Waals surface area contributed by atoms with Crippen LogP contribution in [0.3, 0.4) is 0 Å². The van der Waals surface area contributed by atoms with Crippen molar-refractivity contribution in [2.75, 3.05) is 0 Å². The van der Waals surface area contributed by atoms with Crippen LogP contribution in [0, 0.1) is 0 Å². The molecule has 0 fully saturated rings. The van der Waals surface area contributed by atoms with Crippen molar-refractivity contribution >= 4 is 5.97 Å². The Hall–Kier alpha value is -0.570. The van der Waals surface area contributed by atoms with E-state index in [2.05, 4.69) is 0 Å². The molecule has 0 heterocycles. The quantitative estimate of drug-likeness (QED) is 0.509. The van der Waals surface area contributed by atoms with E-state index in [9.17, 15) is 4.79 Å². The Kier molecular flexibility index (Phi) is 4.32. The maximum absolute atomic E-state index is 10.2. The number of carbonyl (C=O) groups excluding carboxylic acids is 1. The van der Waals surface area contributed by atoms with Crippen LogP contribution in [0.2, 0.25) is 0 Å². The second-order valence-electron chi connectivity index (χ2n) is 2.71. The molecule has 3 heteroatoms. The molecule has 0 saturated heterocycles. The molecule has 9 heavy (non-hydrogen) atoms. The minimum absolute atomic E-state index is 0. The second kappa shape index (κ2) is 3.45. The molecule has 0 aliphatic rings. The van der Waals surface area contributed by atoms with Crippen molar-refractivity contribution in [1.82, 2.24) is 6.15 Å². The van der Waals surface area contributed by atoms with Crippen molar-refractivity contribution in [2.45, 2.75) is 33.3 Å². The molecule has 0 aromatic heterocycles. The minimum atomic E-state index is -0.328. The number of carbonyl (C=O) groups is 1. The van der Waals surface area contributed by atoms with Gasteiger partial charge >= 0.3 is 5.97 Å². The summed E-state index contributed by atoms with van der Waals surface area (Å²) in [4.78, 5) is 10.2. The highest BCUT2D eigenvalue weighted by molar-refractivity contribution is 5.66. The van der Waals surface area contributed by atoms with Gasteiger partial charge in [-0.05, 0) is 20.8 Å². The lowest BCUT2D eigenvalue weighted by Gasteiger charge is -2.17. The summed E-state index contributed by atoms with van der Waals surface area (Å²) in [5.41, 5.74) is -0.328. The largest absolute Gasteiger partial charge is 0.460 e. The predicted octanol–water partition coefficient (Wildman–Crippen LogP) is 1.51. The average Bonchev–Trinajstić information content (AvgIpc) is 1.21. The van der Waals surface area contributed by atoms with Crippen LogP contribution in [-0.2, 0) is 9.53 Å². The smallest absolute Gasteiger partial charge is 0.303 e. The van der Waals surface area contributed by atoms with Crippen molar-refractivity contribution < 1.29 is 9.53 Å². The van der Waals surface area contributed by atoms with Gasteiger partial charge in [-0.15, -0.1) is 0 Å². The van der Waals surface area contributed by atoms with E-state index >= 15 is 0 Å². The molecule has 0 spiro atoms. The van der Waals surface area contributed by atoms with Gasteiger partial charge in [-0.25, -0.2) is 0 Å². The maximum Gasteiger partial charge on any atom is 0.303 e. The summed E-state index contributed by atoms with van der Waals surface area (Å²) in [5.74, 6) is -0.225. The molecule has 3 N–H and O–H groups in total. The molecule has 0 atom stereocenters. The van der Waals surface area contributed by atoms with Gasteiger partial charge in [0, 0.05) is 6.92 Å². The van der Waals surface area contributed by atoms with Crippen molar-refractivity contribution in [3.63, 3.8) is 0 Å². The Morgan fingerprint density at radius 1 is 1.33 bits per heavy atom. The van der Waals surface area contributed by atoms with E-state index in [1.54, 1.807) is 0 Å². The monoisotopic (exact) mass is 133 g/mol. The first-order valence-corrected chi connectivity index (χ1v) is 2.61. The summed E-state index contributed by atoms with van der Waals surface area (Å²) < 4.78 is 4.80. The molecule has 56 valence electrons. The molecule has 0 aromatic rings. The first-order chi connectivity index (χ1) is 3.42. The van der Waals surface area contributed by atoms with Crippen LogP contribution < -0.4 is 6.15 Å². The Morgan fingerprint density at radius 3 is 1.67 bits per heavy atom. The zero-order valence-electron chi connectivity index (χ0n) is 6.52. The van der Waals surface area contributed by atoms with E-state index in [0.29, 0.717) is 0 Å². The summed E-state index contributed by atoms with van der Waals surface area (Å²) in [6.07, 6.45) is 0. The van der Waals surface area contributed by atoms with Gasteiger partial charge < -0.3 is 10.9 Å². The van der Waals surface area contributed by atoms with E-state index in [0.717, 1.165) is 0 Å². The predicted molar refractivity (Wildman–Crippen MR) is 36.5 cm³/mol. The van der Waals surface area contributed by atoms with Crippen LogP contribution >= 0.6 is 0 Å². The van der Waals surface area contributed by atoms with Gasteiger partial charge in [0.25, 0.3) is 0 Å². The van der Waals surface area contributed by atoms with Gasteiger partial charge in [0.05, 0.1) is 0 Å². The summed E-state index contributed by atoms with van der Waals surface area (Å²) in [6.45, 7) is 6.93. The van der Waals surface area contributed by atoms with Crippen molar-refractivity contribution in [3.8, 4) is 0 Å². The highest BCUT2D eigenvalue weighted by atomic mass is 16.6. The van der Waals surface area contributed by atoms with Gasteiger partial charge in [-0.2, -0.15) is 0 Å². The lowest BCUT2D eigenvalue weighted by Crippen LogP contribution is -2.21. The fourth-order valence-electron chi connectivity index (χ4n) is 0.431. The molecular formula is C6H15NO2. The lowest BCUT2D eigenvalue weighted by atomic mass is 10.2. The Labute approximate surface area is 56.0 Å². The Morgan fingerprint density at radius 2 is 1.67 bits per heavy atom. The van der Waals surface area contributed by atoms with Gasteiger partial charge in [-0.1, -0.05) is 0 Å². The van der Waals surface area contributed by atoms with Crippen molar-refractivity contribution in [2.24, 2.45) is 0 Å². The summed E-state index contributed by atoms with van der Waals surface area (Å²) in [7, 11) is 0. The number of hydrogen-bond acceptors (Lipinski definition) is 3. The Bertz CT molecular complexity index is 93.7. The third-order valence-electron chi connectivity index (χ3n) is 0.450. The summed E-state index contributed by atoms with van der Waals surface area (Å²) >= 11 is 0. The Balaban J connectivity index is 0. The summed E-state index contributed by atoms with van der Waals surface area (Å²) in [5, 5.41) is 0. The number of rotatable bonds is 0. The molecule has 0 bridgehead atoms. The molecule has 0 aliphatic carbocycles. The zero-order chi connectivity index (χ0) is 6.78. The van der Waals surface area contributed by atoms with Gasteiger partial charge in [-0.3, -0.25) is 4.79 Å². The van der Waals surface area contributed by atoms with E-state index in [-0.39, 0.29) is 17.7 Å². The van der Waals surface area contributed by atoms with Crippen molar-refractivity contribution in [1.29, 1.82) is 0 Å². The third kappa shape index (κ3) is 11.2. The molecule has 0 aliphatic heterocycles. The van der Waals surface area contributed by atoms with Crippen LogP contribution in [0.4, 0.5) is 0 Å². The van der Waals surface area contributed by atoms with E-state index in [4.69, 9.17) is 4.74 Å². The van der Waals surface area contributed by atoms with Crippen molar-refractivity contribution in [3.05, 3.63) is 0 Å². The fraction of sp³-hybridized carbons (Fsp3) is 0.833.